The Morgan fingerprint density at radius 3 is 2.24 bits per heavy atom. The average molecular weight is 580 g/mol. The number of esters is 1. The van der Waals surface area contributed by atoms with Gasteiger partial charge in [0.1, 0.15) is 16.9 Å². The first kappa shape index (κ1) is 29.5. The maximum Gasteiger partial charge on any atom is 0.409 e. The van der Waals surface area contributed by atoms with Crippen LogP contribution in [0.4, 0.5) is 4.79 Å². The number of halogens is 1. The Bertz CT molecular complexity index is 1390. The van der Waals surface area contributed by atoms with Crippen LogP contribution in [0.3, 0.4) is 0 Å². The summed E-state index contributed by atoms with van der Waals surface area (Å²) in [6, 6.07) is 16.1. The van der Waals surface area contributed by atoms with Crippen molar-refractivity contribution in [2.24, 2.45) is 0 Å². The number of carbonyl (C=O) groups is 4. The SMILES string of the molecule is CCOC(=O)N1CCN(C(=O)[C@H](Cc2ccc(C(=O)OC)cc2)NC(=O)c2cc(Cl)nc(-c3ccccc3)n2)CC1. The fourth-order valence-electron chi connectivity index (χ4n) is 4.36. The van der Waals surface area contributed by atoms with Gasteiger partial charge >= 0.3 is 12.1 Å². The molecule has 214 valence electrons. The second kappa shape index (κ2) is 13.7. The van der Waals surface area contributed by atoms with Gasteiger partial charge in [0.15, 0.2) is 5.82 Å². The Morgan fingerprint density at radius 1 is 0.951 bits per heavy atom. The molecule has 41 heavy (non-hydrogen) atoms. The third-order valence-corrected chi connectivity index (χ3v) is 6.69. The van der Waals surface area contributed by atoms with Crippen LogP contribution < -0.4 is 5.32 Å². The van der Waals surface area contributed by atoms with Crippen LogP contribution in [0.15, 0.2) is 60.7 Å². The molecule has 0 radical (unpaired) electrons. The number of ether oxygens (including phenoxy) is 2. The number of nitrogens with one attached hydrogen (secondary N) is 1. The predicted octanol–water partition coefficient (Wildman–Crippen LogP) is 3.23. The lowest BCUT2D eigenvalue weighted by Crippen LogP contribution is -2.56. The van der Waals surface area contributed by atoms with Crippen molar-refractivity contribution in [3.8, 4) is 11.4 Å². The number of hydrogen-bond donors (Lipinski definition) is 1. The molecule has 2 aromatic carbocycles. The average Bonchev–Trinajstić information content (AvgIpc) is 3.00. The number of nitrogens with zero attached hydrogens (tertiary/aromatic N) is 4. The van der Waals surface area contributed by atoms with Crippen molar-refractivity contribution in [3.63, 3.8) is 0 Å². The molecule has 0 bridgehead atoms. The monoisotopic (exact) mass is 579 g/mol. The van der Waals surface area contributed by atoms with E-state index in [1.165, 1.54) is 13.2 Å². The number of hydrogen-bond acceptors (Lipinski definition) is 8. The molecule has 4 rings (SSSR count). The zero-order valence-electron chi connectivity index (χ0n) is 22.7. The van der Waals surface area contributed by atoms with Crippen molar-refractivity contribution < 1.29 is 28.7 Å². The molecule has 1 aromatic heterocycles. The van der Waals surface area contributed by atoms with E-state index >= 15 is 0 Å². The standard InChI is InChI=1S/C29H30ClN5O6/c1-3-41-29(39)35-15-13-34(14-16-35)27(37)23(17-19-9-11-21(12-10-19)28(38)40-2)32-26(36)22-18-24(30)33-25(31-22)20-7-5-4-6-8-20/h4-12,18,23H,3,13-17H2,1-2H3,(H,32,36)/t23-/m0/s1. The summed E-state index contributed by atoms with van der Waals surface area (Å²) in [6.45, 7) is 3.17. The van der Waals surface area contributed by atoms with E-state index in [0.717, 1.165) is 0 Å². The maximum atomic E-state index is 13.7. The van der Waals surface area contributed by atoms with Gasteiger partial charge in [0, 0.05) is 44.2 Å². The summed E-state index contributed by atoms with van der Waals surface area (Å²) in [4.78, 5) is 62.8. The first-order valence-electron chi connectivity index (χ1n) is 13.1. The Balaban J connectivity index is 1.55. The maximum absolute atomic E-state index is 13.7. The van der Waals surface area contributed by atoms with Crippen LogP contribution in [0.1, 0.15) is 33.3 Å². The zero-order chi connectivity index (χ0) is 29.4. The Hall–Kier alpha value is -4.51. The Labute approximate surface area is 242 Å². The molecule has 12 heteroatoms. The first-order valence-corrected chi connectivity index (χ1v) is 13.5. The van der Waals surface area contributed by atoms with Crippen LogP contribution in [-0.2, 0) is 20.7 Å². The van der Waals surface area contributed by atoms with E-state index in [1.807, 2.05) is 18.2 Å². The molecular weight excluding hydrogens is 550 g/mol. The van der Waals surface area contributed by atoms with Crippen LogP contribution in [-0.4, -0.2) is 89.6 Å². The molecule has 1 atom stereocenters. The molecule has 1 N–H and O–H groups in total. The van der Waals surface area contributed by atoms with Crippen LogP contribution in [0.2, 0.25) is 5.15 Å². The summed E-state index contributed by atoms with van der Waals surface area (Å²) >= 11 is 6.22. The molecule has 1 aliphatic rings. The van der Waals surface area contributed by atoms with Gasteiger partial charge in [-0.3, -0.25) is 9.59 Å². The number of carbonyl (C=O) groups excluding carboxylic acids is 4. The van der Waals surface area contributed by atoms with Crippen molar-refractivity contribution in [2.75, 3.05) is 39.9 Å². The van der Waals surface area contributed by atoms with Gasteiger partial charge in [-0.1, -0.05) is 54.1 Å². The fourth-order valence-corrected chi connectivity index (χ4v) is 4.54. The number of methoxy groups -OCH3 is 1. The lowest BCUT2D eigenvalue weighted by molar-refractivity contribution is -0.134. The summed E-state index contributed by atoms with van der Waals surface area (Å²) < 4.78 is 9.81. The highest BCUT2D eigenvalue weighted by molar-refractivity contribution is 6.29. The van der Waals surface area contributed by atoms with Gasteiger partial charge in [-0.15, -0.1) is 0 Å². The van der Waals surface area contributed by atoms with Gasteiger partial charge < -0.3 is 24.6 Å². The van der Waals surface area contributed by atoms with E-state index in [4.69, 9.17) is 21.1 Å². The van der Waals surface area contributed by atoms with E-state index in [0.29, 0.717) is 29.8 Å². The van der Waals surface area contributed by atoms with E-state index in [1.54, 1.807) is 53.1 Å². The van der Waals surface area contributed by atoms with Crippen LogP contribution in [0.25, 0.3) is 11.4 Å². The molecule has 0 saturated carbocycles. The third-order valence-electron chi connectivity index (χ3n) is 6.50. The van der Waals surface area contributed by atoms with Gasteiger partial charge in [-0.25, -0.2) is 19.6 Å². The van der Waals surface area contributed by atoms with Gasteiger partial charge in [-0.2, -0.15) is 0 Å². The fraction of sp³-hybridized carbons (Fsp3) is 0.310. The quantitative estimate of drug-likeness (QED) is 0.318. The molecule has 1 aliphatic heterocycles. The minimum Gasteiger partial charge on any atom is -0.465 e. The smallest absolute Gasteiger partial charge is 0.409 e. The van der Waals surface area contributed by atoms with Crippen molar-refractivity contribution in [1.29, 1.82) is 0 Å². The number of rotatable bonds is 8. The van der Waals surface area contributed by atoms with Gasteiger partial charge in [-0.05, 0) is 24.6 Å². The normalized spacial score (nSPS) is 13.7. The molecule has 1 fully saturated rings. The lowest BCUT2D eigenvalue weighted by Gasteiger charge is -2.36. The summed E-state index contributed by atoms with van der Waals surface area (Å²) in [5, 5.41) is 2.90. The van der Waals surface area contributed by atoms with Crippen LogP contribution in [0, 0.1) is 0 Å². The number of aromatic nitrogens is 2. The predicted molar refractivity (Wildman–Crippen MR) is 150 cm³/mol. The van der Waals surface area contributed by atoms with E-state index in [9.17, 15) is 19.2 Å². The largest absolute Gasteiger partial charge is 0.465 e. The van der Waals surface area contributed by atoms with Crippen molar-refractivity contribution in [1.82, 2.24) is 25.1 Å². The molecule has 11 nitrogen and oxygen atoms in total. The summed E-state index contributed by atoms with van der Waals surface area (Å²) in [7, 11) is 1.30. The first-order chi connectivity index (χ1) is 19.8. The molecule has 0 unspecified atom stereocenters. The minimum atomic E-state index is -0.963. The second-order valence-corrected chi connectivity index (χ2v) is 9.58. The van der Waals surface area contributed by atoms with Crippen molar-refractivity contribution in [2.45, 2.75) is 19.4 Å². The molecule has 0 aliphatic carbocycles. The third kappa shape index (κ3) is 7.57. The highest BCUT2D eigenvalue weighted by Gasteiger charge is 2.31. The number of amides is 3. The van der Waals surface area contributed by atoms with Crippen LogP contribution >= 0.6 is 11.6 Å². The van der Waals surface area contributed by atoms with Gasteiger partial charge in [0.05, 0.1) is 19.3 Å². The van der Waals surface area contributed by atoms with Gasteiger partial charge in [0.2, 0.25) is 5.91 Å². The van der Waals surface area contributed by atoms with Crippen molar-refractivity contribution in [3.05, 3.63) is 82.6 Å². The molecule has 0 spiro atoms. The molecule has 3 aromatic rings. The van der Waals surface area contributed by atoms with E-state index in [-0.39, 0.29) is 48.7 Å². The minimum absolute atomic E-state index is 0.00910. The van der Waals surface area contributed by atoms with E-state index in [2.05, 4.69) is 15.3 Å². The summed E-state index contributed by atoms with van der Waals surface area (Å²) in [6.07, 6.45) is -0.279. The topological polar surface area (TPSA) is 131 Å². The van der Waals surface area contributed by atoms with Crippen molar-refractivity contribution >= 4 is 35.5 Å². The Morgan fingerprint density at radius 2 is 1.61 bits per heavy atom. The molecule has 1 saturated heterocycles. The van der Waals surface area contributed by atoms with E-state index < -0.39 is 24.0 Å². The highest BCUT2D eigenvalue weighted by Crippen LogP contribution is 2.19. The molecule has 3 amide bonds. The lowest BCUT2D eigenvalue weighted by atomic mass is 10.0. The number of benzene rings is 2. The molecular formula is C29H30ClN5O6. The van der Waals surface area contributed by atoms with Crippen LogP contribution in [0.5, 0.6) is 0 Å². The zero-order valence-corrected chi connectivity index (χ0v) is 23.5. The summed E-state index contributed by atoms with van der Waals surface area (Å²) in [5.74, 6) is -1.12. The number of piperazine rings is 1. The highest BCUT2D eigenvalue weighted by atomic mass is 35.5. The summed E-state index contributed by atoms with van der Waals surface area (Å²) in [5.41, 5.74) is 1.77. The Kier molecular flexibility index (Phi) is 9.86. The molecule has 2 heterocycles. The van der Waals surface area contributed by atoms with Gasteiger partial charge in [0.25, 0.3) is 5.91 Å². The second-order valence-electron chi connectivity index (χ2n) is 9.20.